The van der Waals surface area contributed by atoms with Crippen molar-refractivity contribution in [3.8, 4) is 0 Å². The molecule has 1 amide bonds. The fourth-order valence-corrected chi connectivity index (χ4v) is 2.15. The third kappa shape index (κ3) is 3.23. The Kier molecular flexibility index (Phi) is 3.89. The summed E-state index contributed by atoms with van der Waals surface area (Å²) in [4.78, 5) is 11.6. The number of anilines is 1. The Morgan fingerprint density at radius 3 is 2.50 bits per heavy atom. The number of hydrogen-bond acceptors (Lipinski definition) is 4. The second-order valence-electron chi connectivity index (χ2n) is 3.16. The molecule has 5 nitrogen and oxygen atoms in total. The van der Waals surface area contributed by atoms with Gasteiger partial charge in [0, 0.05) is 16.8 Å². The van der Waals surface area contributed by atoms with E-state index in [4.69, 9.17) is 5.73 Å². The molecule has 1 atom stereocenters. The summed E-state index contributed by atoms with van der Waals surface area (Å²) in [7, 11) is -2.75. The van der Waals surface area contributed by atoms with E-state index in [1.54, 1.807) is 31.2 Å². The highest BCUT2D eigenvalue weighted by molar-refractivity contribution is 7.93. The molecule has 0 aliphatic heterocycles. The first kappa shape index (κ1) is 12.5. The smallest absolute Gasteiger partial charge is 0.442 e. The molecule has 0 heterocycles. The Labute approximate surface area is 94.8 Å². The number of nitrogens with two attached hydrogens (primary N) is 1. The van der Waals surface area contributed by atoms with Crippen LogP contribution in [0.25, 0.3) is 0 Å². The van der Waals surface area contributed by atoms with Crippen LogP contribution < -0.4 is 5.73 Å². The van der Waals surface area contributed by atoms with Gasteiger partial charge in [0.15, 0.2) is 0 Å². The monoisotopic (exact) mass is 242 g/mol. The van der Waals surface area contributed by atoms with Crippen molar-refractivity contribution < 1.29 is 13.7 Å². The van der Waals surface area contributed by atoms with Crippen LogP contribution >= 0.6 is 0 Å². The van der Waals surface area contributed by atoms with E-state index in [2.05, 4.69) is 9.10 Å². The van der Waals surface area contributed by atoms with Gasteiger partial charge in [-0.3, -0.25) is 0 Å². The molecule has 0 saturated heterocycles. The number of hydrogen-bond donors (Lipinski definition) is 1. The van der Waals surface area contributed by atoms with Crippen molar-refractivity contribution in [2.24, 2.45) is 4.36 Å². The normalized spacial score (nSPS) is 13.9. The molecule has 0 spiro atoms. The minimum Gasteiger partial charge on any atom is -0.448 e. The molecular formula is C10H14N2O3S. The van der Waals surface area contributed by atoms with Crippen LogP contribution in [0, 0.1) is 0 Å². The minimum atomic E-state index is -2.75. The number of carbonyl (C=O) groups is 1. The molecule has 88 valence electrons. The zero-order chi connectivity index (χ0) is 12.2. The summed E-state index contributed by atoms with van der Waals surface area (Å²) in [5, 5.41) is 0. The molecule has 1 aromatic carbocycles. The number of carbonyl (C=O) groups excluding carboxylic acids is 1. The van der Waals surface area contributed by atoms with Crippen molar-refractivity contribution in [2.45, 2.75) is 11.8 Å². The van der Waals surface area contributed by atoms with E-state index in [1.807, 2.05) is 0 Å². The van der Waals surface area contributed by atoms with Crippen molar-refractivity contribution in [1.82, 2.24) is 0 Å². The van der Waals surface area contributed by atoms with Crippen LogP contribution in [0.2, 0.25) is 0 Å². The average molecular weight is 242 g/mol. The maximum absolute atomic E-state index is 12.1. The van der Waals surface area contributed by atoms with Crippen LogP contribution in [0.15, 0.2) is 33.5 Å². The molecule has 0 unspecified atom stereocenters. The van der Waals surface area contributed by atoms with Crippen molar-refractivity contribution in [3.05, 3.63) is 24.3 Å². The molecule has 16 heavy (non-hydrogen) atoms. The van der Waals surface area contributed by atoms with E-state index in [0.29, 0.717) is 10.6 Å². The zero-order valence-corrected chi connectivity index (χ0v) is 9.99. The van der Waals surface area contributed by atoms with Gasteiger partial charge in [-0.05, 0) is 31.2 Å². The Balaban J connectivity index is 3.06. The lowest BCUT2D eigenvalue weighted by Crippen LogP contribution is -2.05. The summed E-state index contributed by atoms with van der Waals surface area (Å²) in [6.07, 6.45) is 0.571. The standard InChI is InChI=1S/C10H14N2O3S/c1-3-15-10(13)12-16(2,14)9-6-4-8(11)5-7-9/h4-7H,3,11H2,1-2H3/t16-/m1/s1. The van der Waals surface area contributed by atoms with Gasteiger partial charge in [-0.15, -0.1) is 4.36 Å². The summed E-state index contributed by atoms with van der Waals surface area (Å²) in [6.45, 7) is 1.87. The van der Waals surface area contributed by atoms with Crippen molar-refractivity contribution in [3.63, 3.8) is 0 Å². The first-order valence-electron chi connectivity index (χ1n) is 4.70. The molecule has 6 heteroatoms. The molecule has 0 bridgehead atoms. The van der Waals surface area contributed by atoms with Crippen molar-refractivity contribution in [1.29, 1.82) is 0 Å². The molecule has 0 fully saturated rings. The molecule has 1 rings (SSSR count). The Hall–Kier alpha value is -1.56. The lowest BCUT2D eigenvalue weighted by atomic mass is 10.3. The van der Waals surface area contributed by atoms with Gasteiger partial charge in [0.25, 0.3) is 0 Å². The summed E-state index contributed by atoms with van der Waals surface area (Å²) < 4.78 is 20.2. The van der Waals surface area contributed by atoms with Gasteiger partial charge in [-0.1, -0.05) is 0 Å². The van der Waals surface area contributed by atoms with E-state index >= 15 is 0 Å². The first-order chi connectivity index (χ1) is 7.45. The Morgan fingerprint density at radius 1 is 1.44 bits per heavy atom. The highest BCUT2D eigenvalue weighted by Crippen LogP contribution is 2.14. The van der Waals surface area contributed by atoms with Gasteiger partial charge in [0.05, 0.1) is 16.3 Å². The third-order valence-electron chi connectivity index (χ3n) is 1.83. The lowest BCUT2D eigenvalue weighted by molar-refractivity contribution is 0.164. The van der Waals surface area contributed by atoms with Gasteiger partial charge in [-0.2, -0.15) is 0 Å². The lowest BCUT2D eigenvalue weighted by Gasteiger charge is -2.04. The molecule has 0 aliphatic rings. The van der Waals surface area contributed by atoms with E-state index in [0.717, 1.165) is 0 Å². The average Bonchev–Trinajstić information content (AvgIpc) is 2.17. The number of nitrogen functional groups attached to an aromatic ring is 1. The van der Waals surface area contributed by atoms with Crippen molar-refractivity contribution >= 4 is 21.5 Å². The summed E-state index contributed by atoms with van der Waals surface area (Å²) >= 11 is 0. The minimum absolute atomic E-state index is 0.208. The maximum atomic E-state index is 12.1. The van der Waals surface area contributed by atoms with E-state index in [1.165, 1.54) is 6.26 Å². The van der Waals surface area contributed by atoms with Crippen LogP contribution in [0.3, 0.4) is 0 Å². The molecule has 0 aliphatic carbocycles. The largest absolute Gasteiger partial charge is 0.448 e. The molecule has 0 radical (unpaired) electrons. The fourth-order valence-electron chi connectivity index (χ4n) is 1.07. The van der Waals surface area contributed by atoms with Crippen LogP contribution in [0.5, 0.6) is 0 Å². The van der Waals surface area contributed by atoms with Crippen LogP contribution in [-0.4, -0.2) is 23.2 Å². The summed E-state index contributed by atoms with van der Waals surface area (Å²) in [6, 6.07) is 6.39. The third-order valence-corrected chi connectivity index (χ3v) is 3.48. The van der Waals surface area contributed by atoms with Crippen molar-refractivity contribution in [2.75, 3.05) is 18.6 Å². The molecular weight excluding hydrogens is 228 g/mol. The summed E-state index contributed by atoms with van der Waals surface area (Å²) in [5.74, 6) is 0. The van der Waals surface area contributed by atoms with Crippen LogP contribution in [0.1, 0.15) is 6.92 Å². The predicted octanol–water partition coefficient (Wildman–Crippen LogP) is 1.88. The number of benzene rings is 1. The highest BCUT2D eigenvalue weighted by atomic mass is 32.2. The van der Waals surface area contributed by atoms with Gasteiger partial charge < -0.3 is 10.5 Å². The number of nitrogens with zero attached hydrogens (tertiary/aromatic N) is 1. The van der Waals surface area contributed by atoms with Gasteiger partial charge in [0.2, 0.25) is 0 Å². The Morgan fingerprint density at radius 2 is 2.00 bits per heavy atom. The SMILES string of the molecule is CCOC(=O)N=[S@](C)(=O)c1ccc(N)cc1. The molecule has 1 aromatic rings. The fraction of sp³-hybridized carbons (Fsp3) is 0.300. The van der Waals surface area contributed by atoms with E-state index in [-0.39, 0.29) is 6.61 Å². The van der Waals surface area contributed by atoms with Gasteiger partial charge in [-0.25, -0.2) is 9.00 Å². The summed E-state index contributed by atoms with van der Waals surface area (Å²) in [5.41, 5.74) is 6.07. The van der Waals surface area contributed by atoms with Gasteiger partial charge >= 0.3 is 6.09 Å². The Bertz CT molecular complexity index is 487. The second-order valence-corrected chi connectivity index (χ2v) is 5.42. The number of ether oxygens (including phenoxy) is 1. The van der Waals surface area contributed by atoms with Crippen LogP contribution in [0.4, 0.5) is 10.5 Å². The zero-order valence-electron chi connectivity index (χ0n) is 9.17. The number of rotatable bonds is 2. The topological polar surface area (TPSA) is 81.8 Å². The van der Waals surface area contributed by atoms with E-state index < -0.39 is 15.8 Å². The highest BCUT2D eigenvalue weighted by Gasteiger charge is 2.09. The maximum Gasteiger partial charge on any atom is 0.442 e. The predicted molar refractivity (Wildman–Crippen MR) is 62.6 cm³/mol. The van der Waals surface area contributed by atoms with Crippen LogP contribution in [-0.2, 0) is 14.5 Å². The molecule has 0 aromatic heterocycles. The number of amides is 1. The quantitative estimate of drug-likeness (QED) is 0.803. The second kappa shape index (κ2) is 4.98. The first-order valence-corrected chi connectivity index (χ1v) is 6.62. The van der Waals surface area contributed by atoms with Gasteiger partial charge in [0.1, 0.15) is 0 Å². The van der Waals surface area contributed by atoms with E-state index in [9.17, 15) is 9.00 Å². The molecule has 2 N–H and O–H groups in total. The molecule has 0 saturated carbocycles.